The number of aryl methyl sites for hydroxylation is 1. The van der Waals surface area contributed by atoms with Gasteiger partial charge in [-0.05, 0) is 48.9 Å². The number of nitro groups is 1. The molecular formula is C19H14ClN3O4. The summed E-state index contributed by atoms with van der Waals surface area (Å²) in [5.74, 6) is 0.559. The minimum absolute atomic E-state index is 0.00557. The van der Waals surface area contributed by atoms with Crippen molar-refractivity contribution in [1.29, 1.82) is 0 Å². The van der Waals surface area contributed by atoms with E-state index in [4.69, 9.17) is 16.0 Å². The number of amides is 1. The van der Waals surface area contributed by atoms with Gasteiger partial charge >= 0.3 is 0 Å². The minimum atomic E-state index is -0.464. The van der Waals surface area contributed by atoms with Gasteiger partial charge in [-0.2, -0.15) is 5.10 Å². The SMILES string of the molecule is Cc1ccc(C(=O)N/N=C\c2ccc(-c3ccc([N+](=O)[O-])cc3)o2)cc1Cl. The van der Waals surface area contributed by atoms with Gasteiger partial charge in [-0.25, -0.2) is 5.43 Å². The number of furan rings is 1. The molecule has 136 valence electrons. The summed E-state index contributed by atoms with van der Waals surface area (Å²) in [6.45, 7) is 1.85. The molecule has 7 nitrogen and oxygen atoms in total. The molecule has 0 atom stereocenters. The van der Waals surface area contributed by atoms with Gasteiger partial charge in [0.1, 0.15) is 11.5 Å². The topological polar surface area (TPSA) is 97.7 Å². The molecule has 27 heavy (non-hydrogen) atoms. The number of rotatable bonds is 5. The van der Waals surface area contributed by atoms with Gasteiger partial charge in [-0.1, -0.05) is 17.7 Å². The second kappa shape index (κ2) is 7.84. The lowest BCUT2D eigenvalue weighted by atomic mass is 10.1. The molecule has 0 aliphatic rings. The molecule has 1 N–H and O–H groups in total. The Kier molecular flexibility index (Phi) is 5.33. The van der Waals surface area contributed by atoms with Crippen LogP contribution in [0.5, 0.6) is 0 Å². The fraction of sp³-hybridized carbons (Fsp3) is 0.0526. The molecule has 0 radical (unpaired) electrons. The van der Waals surface area contributed by atoms with Crippen LogP contribution in [0.3, 0.4) is 0 Å². The van der Waals surface area contributed by atoms with E-state index in [1.54, 1.807) is 42.5 Å². The van der Waals surface area contributed by atoms with E-state index in [2.05, 4.69) is 10.5 Å². The number of non-ortho nitro benzene ring substituents is 1. The molecule has 3 rings (SSSR count). The molecule has 0 unspecified atom stereocenters. The van der Waals surface area contributed by atoms with Gasteiger partial charge in [0.15, 0.2) is 0 Å². The Hall–Kier alpha value is -3.45. The number of nitrogens with zero attached hydrogens (tertiary/aromatic N) is 2. The lowest BCUT2D eigenvalue weighted by Crippen LogP contribution is -2.17. The molecule has 0 bridgehead atoms. The zero-order valence-corrected chi connectivity index (χ0v) is 14.9. The zero-order valence-electron chi connectivity index (χ0n) is 14.2. The average Bonchev–Trinajstić information content (AvgIpc) is 3.13. The lowest BCUT2D eigenvalue weighted by Gasteiger charge is -2.02. The van der Waals surface area contributed by atoms with Crippen molar-refractivity contribution in [3.05, 3.63) is 86.6 Å². The summed E-state index contributed by atoms with van der Waals surface area (Å²) in [5, 5.41) is 15.1. The normalized spacial score (nSPS) is 10.9. The molecule has 1 aromatic heterocycles. The van der Waals surface area contributed by atoms with Crippen LogP contribution < -0.4 is 5.43 Å². The summed E-state index contributed by atoms with van der Waals surface area (Å²) < 4.78 is 5.60. The van der Waals surface area contributed by atoms with Crippen molar-refractivity contribution in [3.8, 4) is 11.3 Å². The van der Waals surface area contributed by atoms with Crippen LogP contribution in [-0.2, 0) is 0 Å². The molecule has 0 aliphatic carbocycles. The predicted octanol–water partition coefficient (Wildman–Crippen LogP) is 4.58. The van der Waals surface area contributed by atoms with Gasteiger partial charge in [0.05, 0.1) is 11.1 Å². The number of nitro benzene ring substituents is 1. The van der Waals surface area contributed by atoms with E-state index in [1.807, 2.05) is 6.92 Å². The molecule has 0 saturated carbocycles. The predicted molar refractivity (Wildman–Crippen MR) is 102 cm³/mol. The van der Waals surface area contributed by atoms with Crippen LogP contribution in [0, 0.1) is 17.0 Å². The summed E-state index contributed by atoms with van der Waals surface area (Å²) in [6, 6.07) is 14.4. The van der Waals surface area contributed by atoms with E-state index in [-0.39, 0.29) is 5.69 Å². The van der Waals surface area contributed by atoms with Crippen LogP contribution in [-0.4, -0.2) is 17.0 Å². The van der Waals surface area contributed by atoms with Crippen LogP contribution in [0.2, 0.25) is 5.02 Å². The molecule has 2 aromatic carbocycles. The van der Waals surface area contributed by atoms with Crippen LogP contribution >= 0.6 is 11.6 Å². The highest BCUT2D eigenvalue weighted by Gasteiger charge is 2.09. The first kappa shape index (κ1) is 18.3. The highest BCUT2D eigenvalue weighted by atomic mass is 35.5. The van der Waals surface area contributed by atoms with E-state index in [0.717, 1.165) is 5.56 Å². The standard InChI is InChI=1S/C19H14ClN3O4/c1-12-2-3-14(10-17(12)20)19(24)22-21-11-16-8-9-18(27-16)13-4-6-15(7-5-13)23(25)26/h2-11H,1H3,(H,22,24)/b21-11-. The van der Waals surface area contributed by atoms with E-state index in [9.17, 15) is 14.9 Å². The molecule has 0 spiro atoms. The van der Waals surface area contributed by atoms with Crippen molar-refractivity contribution in [2.24, 2.45) is 5.10 Å². The first-order valence-corrected chi connectivity index (χ1v) is 8.26. The van der Waals surface area contributed by atoms with Crippen molar-refractivity contribution in [3.63, 3.8) is 0 Å². The number of hydrogen-bond acceptors (Lipinski definition) is 5. The Bertz CT molecular complexity index is 1030. The molecule has 8 heteroatoms. The summed E-state index contributed by atoms with van der Waals surface area (Å²) in [6.07, 6.45) is 1.36. The lowest BCUT2D eigenvalue weighted by molar-refractivity contribution is -0.384. The molecule has 1 heterocycles. The maximum atomic E-state index is 12.0. The van der Waals surface area contributed by atoms with Crippen molar-refractivity contribution < 1.29 is 14.1 Å². The Morgan fingerprint density at radius 2 is 1.93 bits per heavy atom. The average molecular weight is 384 g/mol. The molecule has 0 saturated heterocycles. The van der Waals surface area contributed by atoms with E-state index in [1.165, 1.54) is 18.3 Å². The summed E-state index contributed by atoms with van der Waals surface area (Å²) in [7, 11) is 0. The molecule has 3 aromatic rings. The number of carbonyl (C=O) groups excluding carboxylic acids is 1. The second-order valence-electron chi connectivity index (χ2n) is 5.67. The third-order valence-electron chi connectivity index (χ3n) is 3.78. The van der Waals surface area contributed by atoms with Crippen molar-refractivity contribution >= 4 is 29.4 Å². The quantitative estimate of drug-likeness (QED) is 0.396. The fourth-order valence-electron chi connectivity index (χ4n) is 2.28. The van der Waals surface area contributed by atoms with Crippen molar-refractivity contribution in [1.82, 2.24) is 5.43 Å². The Morgan fingerprint density at radius 1 is 1.19 bits per heavy atom. The maximum absolute atomic E-state index is 12.0. The van der Waals surface area contributed by atoms with Gasteiger partial charge in [-0.3, -0.25) is 14.9 Å². The number of hydrazone groups is 1. The van der Waals surface area contributed by atoms with Crippen LogP contribution in [0.4, 0.5) is 5.69 Å². The minimum Gasteiger partial charge on any atom is -0.455 e. The third kappa shape index (κ3) is 4.39. The molecule has 0 fully saturated rings. The molecule has 1 amide bonds. The second-order valence-corrected chi connectivity index (χ2v) is 6.08. The van der Waals surface area contributed by atoms with Crippen molar-refractivity contribution in [2.45, 2.75) is 6.92 Å². The van der Waals surface area contributed by atoms with E-state index in [0.29, 0.717) is 27.7 Å². The highest BCUT2D eigenvalue weighted by Crippen LogP contribution is 2.24. The highest BCUT2D eigenvalue weighted by molar-refractivity contribution is 6.31. The van der Waals surface area contributed by atoms with Gasteiger partial charge in [0, 0.05) is 28.3 Å². The number of carbonyl (C=O) groups is 1. The van der Waals surface area contributed by atoms with Crippen LogP contribution in [0.25, 0.3) is 11.3 Å². The van der Waals surface area contributed by atoms with Gasteiger partial charge in [-0.15, -0.1) is 0 Å². The Balaban J connectivity index is 1.65. The summed E-state index contributed by atoms with van der Waals surface area (Å²) in [5.41, 5.74) is 4.38. The number of benzene rings is 2. The molecular weight excluding hydrogens is 370 g/mol. The van der Waals surface area contributed by atoms with E-state index >= 15 is 0 Å². The number of halogens is 1. The fourth-order valence-corrected chi connectivity index (χ4v) is 2.46. The first-order valence-electron chi connectivity index (χ1n) is 7.88. The third-order valence-corrected chi connectivity index (χ3v) is 4.19. The summed E-state index contributed by atoms with van der Waals surface area (Å²) >= 11 is 6.01. The van der Waals surface area contributed by atoms with Gasteiger partial charge in [0.25, 0.3) is 11.6 Å². The monoisotopic (exact) mass is 383 g/mol. The van der Waals surface area contributed by atoms with Crippen LogP contribution in [0.15, 0.2) is 64.1 Å². The van der Waals surface area contributed by atoms with Crippen molar-refractivity contribution in [2.75, 3.05) is 0 Å². The summed E-state index contributed by atoms with van der Waals surface area (Å²) in [4.78, 5) is 22.3. The molecule has 0 aliphatic heterocycles. The largest absolute Gasteiger partial charge is 0.455 e. The number of hydrogen-bond donors (Lipinski definition) is 1. The Labute approximate surface area is 159 Å². The zero-order chi connectivity index (χ0) is 19.4. The Morgan fingerprint density at radius 3 is 2.59 bits per heavy atom. The van der Waals surface area contributed by atoms with Crippen LogP contribution in [0.1, 0.15) is 21.7 Å². The maximum Gasteiger partial charge on any atom is 0.271 e. The van der Waals surface area contributed by atoms with E-state index < -0.39 is 10.8 Å². The first-order chi connectivity index (χ1) is 12.9. The van der Waals surface area contributed by atoms with Gasteiger partial charge in [0.2, 0.25) is 0 Å². The number of nitrogens with one attached hydrogen (secondary N) is 1. The smallest absolute Gasteiger partial charge is 0.271 e. The van der Waals surface area contributed by atoms with Gasteiger partial charge < -0.3 is 4.42 Å².